The number of carbonyl (C=O) groups excluding carboxylic acids is 4. The van der Waals surface area contributed by atoms with Gasteiger partial charge in [-0.1, -0.05) is 5.16 Å². The predicted octanol–water partition coefficient (Wildman–Crippen LogP) is -0.130. The summed E-state index contributed by atoms with van der Waals surface area (Å²) >= 11 is 3.45. The number of carboxylic acids is 1. The minimum atomic E-state index is -1.28. The first-order valence-electron chi connectivity index (χ1n) is 13.1. The number of oxime groups is 1. The fourth-order valence-corrected chi connectivity index (χ4v) is 7.63. The Kier molecular flexibility index (Phi) is 9.20. The van der Waals surface area contributed by atoms with Crippen LogP contribution < -0.4 is 10.6 Å². The monoisotopic (exact) mass is 678 g/mol. The molecule has 0 radical (unpaired) electrons. The van der Waals surface area contributed by atoms with Crippen LogP contribution in [0.5, 0.6) is 0 Å². The molecule has 3 atom stereocenters. The molecule has 0 aliphatic carbocycles. The second-order valence-electron chi connectivity index (χ2n) is 10.8. The van der Waals surface area contributed by atoms with E-state index in [2.05, 4.69) is 41.4 Å². The second-order valence-corrected chi connectivity index (χ2v) is 13.7. The molecule has 3 aromatic rings. The number of anilines is 1. The Balaban J connectivity index is 1.25. The van der Waals surface area contributed by atoms with Gasteiger partial charge in [0.1, 0.15) is 33.2 Å². The number of carboxylic acid groups (broad SMARTS) is 1. The Bertz CT molecular complexity index is 1670. The molecule has 2 saturated heterocycles. The standard InChI is InChI=1S/C24H26N10O8S3/c1-23(2,3)42-15(36)6-41-30-16(12-7-43-22(26-12)25-11-35)18(37)27-17-19(38)33-8-24(21(39)40,10-45-20(17)33)9-44-14-5-4-13-28-31-32-34(13)29-14/h4-5,7,11,17,20H,6,8-10H2,1-3H3,(H,27,37)(H,39,40)(H,25,26,35)/t17?,20-,24?/m1/s1. The molecule has 3 N–H and O–H groups in total. The topological polar surface area (TPSA) is 233 Å². The molecule has 2 fully saturated rings. The number of esters is 1. The number of fused-ring (bicyclic) bond motifs is 2. The third kappa shape index (κ3) is 7.14. The minimum Gasteiger partial charge on any atom is -0.481 e. The lowest BCUT2D eigenvalue weighted by atomic mass is 9.89. The minimum absolute atomic E-state index is 0.0290. The number of thioether (sulfide) groups is 2. The van der Waals surface area contributed by atoms with Crippen molar-refractivity contribution in [3.05, 3.63) is 23.2 Å². The molecule has 5 rings (SSSR count). The Hall–Kier alpha value is -4.37. The molecule has 0 bridgehead atoms. The van der Waals surface area contributed by atoms with Gasteiger partial charge in [-0.25, -0.2) is 9.78 Å². The van der Waals surface area contributed by atoms with E-state index in [0.29, 0.717) is 17.1 Å². The van der Waals surface area contributed by atoms with Crippen molar-refractivity contribution in [3.8, 4) is 0 Å². The Labute approximate surface area is 266 Å². The highest BCUT2D eigenvalue weighted by Crippen LogP contribution is 2.44. The number of nitrogens with one attached hydrogen (secondary N) is 2. The summed E-state index contributed by atoms with van der Waals surface area (Å²) in [6.45, 7) is 4.37. The highest BCUT2D eigenvalue weighted by Gasteiger charge is 2.57. The van der Waals surface area contributed by atoms with Crippen molar-refractivity contribution in [1.82, 2.24) is 40.5 Å². The van der Waals surface area contributed by atoms with E-state index in [1.54, 1.807) is 32.9 Å². The zero-order valence-electron chi connectivity index (χ0n) is 23.9. The van der Waals surface area contributed by atoms with Crippen molar-refractivity contribution in [3.63, 3.8) is 0 Å². The lowest BCUT2D eigenvalue weighted by molar-refractivity contribution is -0.160. The molecule has 3 aromatic heterocycles. The van der Waals surface area contributed by atoms with E-state index in [0.717, 1.165) is 11.3 Å². The zero-order chi connectivity index (χ0) is 32.4. The van der Waals surface area contributed by atoms with E-state index in [-0.39, 0.29) is 34.6 Å². The maximum atomic E-state index is 13.3. The second kappa shape index (κ2) is 12.9. The van der Waals surface area contributed by atoms with Crippen molar-refractivity contribution in [2.24, 2.45) is 10.6 Å². The Morgan fingerprint density at radius 3 is 2.84 bits per heavy atom. The molecule has 45 heavy (non-hydrogen) atoms. The van der Waals surface area contributed by atoms with Crippen LogP contribution in [0.4, 0.5) is 5.13 Å². The van der Waals surface area contributed by atoms with Gasteiger partial charge in [0.25, 0.3) is 5.91 Å². The van der Waals surface area contributed by atoms with Crippen molar-refractivity contribution in [2.45, 2.75) is 42.8 Å². The number of carbonyl (C=O) groups is 5. The summed E-state index contributed by atoms with van der Waals surface area (Å²) in [7, 11) is 0. The quantitative estimate of drug-likeness (QED) is 0.0565. The Morgan fingerprint density at radius 1 is 1.31 bits per heavy atom. The number of ether oxygens (including phenoxy) is 1. The highest BCUT2D eigenvalue weighted by atomic mass is 32.2. The number of hydrogen-bond acceptors (Lipinski definition) is 16. The number of aromatic nitrogens is 6. The molecule has 238 valence electrons. The highest BCUT2D eigenvalue weighted by molar-refractivity contribution is 8.00. The van der Waals surface area contributed by atoms with Crippen LogP contribution in [0, 0.1) is 5.41 Å². The van der Waals surface area contributed by atoms with Crippen LogP contribution in [0.15, 0.2) is 27.7 Å². The number of hydrogen-bond donors (Lipinski definition) is 3. The van der Waals surface area contributed by atoms with Crippen LogP contribution in [0.1, 0.15) is 26.5 Å². The maximum absolute atomic E-state index is 13.3. The van der Waals surface area contributed by atoms with E-state index >= 15 is 0 Å². The maximum Gasteiger partial charge on any atom is 0.347 e. The summed E-state index contributed by atoms with van der Waals surface area (Å²) < 4.78 is 6.41. The summed E-state index contributed by atoms with van der Waals surface area (Å²) in [6.07, 6.45) is 0.416. The summed E-state index contributed by atoms with van der Waals surface area (Å²) in [5.74, 6) is -2.80. The van der Waals surface area contributed by atoms with Crippen LogP contribution in [0.2, 0.25) is 0 Å². The third-order valence-corrected chi connectivity index (χ3v) is 9.90. The molecule has 0 saturated carbocycles. The van der Waals surface area contributed by atoms with Crippen LogP contribution in [0.25, 0.3) is 5.65 Å². The molecule has 2 aliphatic heterocycles. The number of rotatable bonds is 12. The zero-order valence-corrected chi connectivity index (χ0v) is 26.3. The molecule has 3 amide bonds. The SMILES string of the molecule is CC(C)(C)OC(=O)CON=C(C(=O)NC1C(=O)N2CC(CSc3ccc4nnnn4n3)(C(=O)O)CS[C@H]12)c1csc(NC=O)n1. The molecule has 0 spiro atoms. The van der Waals surface area contributed by atoms with Crippen molar-refractivity contribution in [2.75, 3.05) is 30.0 Å². The van der Waals surface area contributed by atoms with Crippen LogP contribution in [-0.4, -0.2) is 118 Å². The van der Waals surface area contributed by atoms with Gasteiger partial charge in [-0.3, -0.25) is 19.2 Å². The summed E-state index contributed by atoms with van der Waals surface area (Å²) in [5, 5.41) is 35.9. The van der Waals surface area contributed by atoms with Crippen LogP contribution >= 0.6 is 34.9 Å². The number of tetrazole rings is 1. The average molecular weight is 679 g/mol. The van der Waals surface area contributed by atoms with Crippen molar-refractivity contribution in [1.29, 1.82) is 0 Å². The van der Waals surface area contributed by atoms with Gasteiger partial charge in [0, 0.05) is 23.4 Å². The number of aliphatic carboxylic acids is 1. The van der Waals surface area contributed by atoms with E-state index in [1.807, 2.05) is 0 Å². The Morgan fingerprint density at radius 2 is 2.11 bits per heavy atom. The van der Waals surface area contributed by atoms with Gasteiger partial charge < -0.3 is 30.2 Å². The molecule has 2 aliphatic rings. The largest absolute Gasteiger partial charge is 0.481 e. The molecule has 5 heterocycles. The van der Waals surface area contributed by atoms with Gasteiger partial charge >= 0.3 is 11.9 Å². The van der Waals surface area contributed by atoms with Crippen molar-refractivity contribution < 1.29 is 38.7 Å². The van der Waals surface area contributed by atoms with Crippen LogP contribution in [-0.2, 0) is 33.5 Å². The van der Waals surface area contributed by atoms with Crippen molar-refractivity contribution >= 4 is 81.5 Å². The number of β-lactam (4-membered cyclic amide) rings is 1. The number of amides is 3. The van der Waals surface area contributed by atoms with Crippen LogP contribution in [0.3, 0.4) is 0 Å². The number of thiazole rings is 1. The van der Waals surface area contributed by atoms with Gasteiger partial charge in [-0.15, -0.1) is 49.7 Å². The molecule has 21 heteroatoms. The fraction of sp³-hybridized carbons (Fsp3) is 0.458. The molecular weight excluding hydrogens is 653 g/mol. The van der Waals surface area contributed by atoms with Gasteiger partial charge in [-0.05, 0) is 43.3 Å². The van der Waals surface area contributed by atoms with Gasteiger partial charge in [0.05, 0.1) is 0 Å². The van der Waals surface area contributed by atoms with E-state index in [1.165, 1.54) is 38.4 Å². The lowest BCUT2D eigenvalue weighted by Crippen LogP contribution is -2.74. The lowest BCUT2D eigenvalue weighted by Gasteiger charge is -2.53. The first kappa shape index (κ1) is 32.0. The predicted molar refractivity (Wildman–Crippen MR) is 159 cm³/mol. The third-order valence-electron chi connectivity index (χ3n) is 6.33. The summed E-state index contributed by atoms with van der Waals surface area (Å²) in [5.41, 5.74) is -1.91. The van der Waals surface area contributed by atoms with Gasteiger partial charge in [0.2, 0.25) is 18.9 Å². The number of nitrogens with zero attached hydrogens (tertiary/aromatic N) is 8. The molecule has 0 aromatic carbocycles. The summed E-state index contributed by atoms with van der Waals surface area (Å²) in [6, 6.07) is 2.36. The smallest absolute Gasteiger partial charge is 0.347 e. The molecule has 18 nitrogen and oxygen atoms in total. The first-order chi connectivity index (χ1) is 21.4. The fourth-order valence-electron chi connectivity index (χ4n) is 4.26. The van der Waals surface area contributed by atoms with E-state index in [4.69, 9.17) is 9.57 Å². The van der Waals surface area contributed by atoms with Gasteiger partial charge in [0.15, 0.2) is 16.5 Å². The normalized spacial score (nSPS) is 21.4. The van der Waals surface area contributed by atoms with E-state index in [9.17, 15) is 29.1 Å². The molecule has 2 unspecified atom stereocenters. The average Bonchev–Trinajstić information content (AvgIpc) is 3.65. The van der Waals surface area contributed by atoms with E-state index < -0.39 is 52.8 Å². The summed E-state index contributed by atoms with van der Waals surface area (Å²) in [4.78, 5) is 72.5. The van der Waals surface area contributed by atoms with Gasteiger partial charge in [-0.2, -0.15) is 0 Å². The molecular formula is C24H26N10O8S3. The first-order valence-corrected chi connectivity index (χ1v) is 16.0.